The van der Waals surface area contributed by atoms with Crippen molar-refractivity contribution in [1.82, 2.24) is 5.43 Å². The zero-order valence-electron chi connectivity index (χ0n) is 12.8. The van der Waals surface area contributed by atoms with E-state index in [-0.39, 0.29) is 5.75 Å². The first-order valence-corrected chi connectivity index (χ1v) is 7.07. The molecule has 0 aliphatic heterocycles. The van der Waals surface area contributed by atoms with Crippen LogP contribution in [0, 0.1) is 0 Å². The zero-order valence-corrected chi connectivity index (χ0v) is 12.8. The Morgan fingerprint density at radius 3 is 2.33 bits per heavy atom. The van der Waals surface area contributed by atoms with E-state index in [9.17, 15) is 9.59 Å². The second-order valence-corrected chi connectivity index (χ2v) is 4.91. The number of carbonyl (C=O) groups is 2. The summed E-state index contributed by atoms with van der Waals surface area (Å²) in [6, 6.07) is 12.4. The number of hydrazone groups is 1. The van der Waals surface area contributed by atoms with Crippen LogP contribution in [-0.4, -0.2) is 34.4 Å². The molecule has 124 valence electrons. The number of phenols is 1. The molecule has 2 aromatic rings. The molecule has 0 heterocycles. The fourth-order valence-corrected chi connectivity index (χ4v) is 1.73. The van der Waals surface area contributed by atoms with Crippen LogP contribution in [0.25, 0.3) is 0 Å². The van der Waals surface area contributed by atoms with Crippen LogP contribution < -0.4 is 10.2 Å². The van der Waals surface area contributed by atoms with Gasteiger partial charge in [-0.3, -0.25) is 4.79 Å². The number of nitrogens with one attached hydrogen (secondary N) is 1. The lowest BCUT2D eigenvalue weighted by Gasteiger charge is -2.09. The minimum atomic E-state index is -1.04. The summed E-state index contributed by atoms with van der Waals surface area (Å²) in [7, 11) is 0. The summed E-state index contributed by atoms with van der Waals surface area (Å²) in [4.78, 5) is 22.5. The van der Waals surface area contributed by atoms with E-state index < -0.39 is 18.0 Å². The molecule has 1 amide bonds. The number of benzene rings is 2. The van der Waals surface area contributed by atoms with Gasteiger partial charge in [0.05, 0.1) is 6.21 Å². The third-order valence-electron chi connectivity index (χ3n) is 3.05. The van der Waals surface area contributed by atoms with E-state index in [4.69, 9.17) is 14.9 Å². The first kappa shape index (κ1) is 17.0. The van der Waals surface area contributed by atoms with Crippen LogP contribution >= 0.6 is 0 Å². The number of aromatic hydroxyl groups is 1. The molecule has 0 aromatic heterocycles. The van der Waals surface area contributed by atoms with Gasteiger partial charge in [-0.1, -0.05) is 0 Å². The lowest BCUT2D eigenvalue weighted by Crippen LogP contribution is -2.22. The second kappa shape index (κ2) is 7.77. The van der Waals surface area contributed by atoms with Crippen molar-refractivity contribution in [2.45, 2.75) is 13.0 Å². The van der Waals surface area contributed by atoms with E-state index >= 15 is 0 Å². The number of hydrogen-bond donors (Lipinski definition) is 3. The van der Waals surface area contributed by atoms with Crippen molar-refractivity contribution in [3.8, 4) is 11.5 Å². The van der Waals surface area contributed by atoms with E-state index in [1.165, 1.54) is 37.4 Å². The number of carbonyl (C=O) groups excluding carboxylic acids is 1. The van der Waals surface area contributed by atoms with Crippen LogP contribution in [0.3, 0.4) is 0 Å². The van der Waals surface area contributed by atoms with Gasteiger partial charge in [0.25, 0.3) is 5.91 Å². The molecule has 0 bridgehead atoms. The van der Waals surface area contributed by atoms with Crippen LogP contribution in [0.15, 0.2) is 53.6 Å². The van der Waals surface area contributed by atoms with Gasteiger partial charge in [-0.15, -0.1) is 0 Å². The largest absolute Gasteiger partial charge is 0.508 e. The summed E-state index contributed by atoms with van der Waals surface area (Å²) in [6.07, 6.45) is 0.511. The first-order chi connectivity index (χ1) is 11.5. The summed E-state index contributed by atoms with van der Waals surface area (Å²) in [5.74, 6) is -0.941. The normalized spacial score (nSPS) is 11.9. The second-order valence-electron chi connectivity index (χ2n) is 4.91. The molecule has 24 heavy (non-hydrogen) atoms. The van der Waals surface area contributed by atoms with E-state index in [0.29, 0.717) is 16.9 Å². The van der Waals surface area contributed by atoms with Crippen molar-refractivity contribution in [3.05, 3.63) is 59.7 Å². The highest BCUT2D eigenvalue weighted by molar-refractivity contribution is 5.95. The van der Waals surface area contributed by atoms with Crippen LogP contribution in [0.5, 0.6) is 11.5 Å². The molecule has 0 fully saturated rings. The van der Waals surface area contributed by atoms with Crippen LogP contribution in [0.4, 0.5) is 0 Å². The van der Waals surface area contributed by atoms with E-state index in [2.05, 4.69) is 10.5 Å². The van der Waals surface area contributed by atoms with Gasteiger partial charge in [-0.25, -0.2) is 10.2 Å². The SMILES string of the molecule is CC(Oc1ccc(/C=N/NC(=O)c2ccc(O)cc2)cc1)C(=O)O. The van der Waals surface area contributed by atoms with Crippen molar-refractivity contribution >= 4 is 18.1 Å². The Bertz CT molecular complexity index is 739. The summed E-state index contributed by atoms with van der Waals surface area (Å²) in [5, 5.41) is 21.8. The third-order valence-corrected chi connectivity index (χ3v) is 3.05. The van der Waals surface area contributed by atoms with Crippen LogP contribution in [0.2, 0.25) is 0 Å². The van der Waals surface area contributed by atoms with Crippen molar-refractivity contribution in [3.63, 3.8) is 0 Å². The van der Waals surface area contributed by atoms with Crippen LogP contribution in [-0.2, 0) is 4.79 Å². The van der Waals surface area contributed by atoms with Crippen molar-refractivity contribution in [2.75, 3.05) is 0 Å². The summed E-state index contributed by atoms with van der Waals surface area (Å²) in [6.45, 7) is 1.44. The zero-order chi connectivity index (χ0) is 17.5. The maximum atomic E-state index is 11.8. The quantitative estimate of drug-likeness (QED) is 0.555. The average Bonchev–Trinajstić information content (AvgIpc) is 2.56. The standard InChI is InChI=1S/C17H16N2O5/c1-11(17(22)23)24-15-8-2-12(3-9-15)10-18-19-16(21)13-4-6-14(20)7-5-13/h2-11,20H,1H3,(H,19,21)(H,22,23)/b18-10+. The molecule has 2 rings (SSSR count). The minimum Gasteiger partial charge on any atom is -0.508 e. The van der Waals surface area contributed by atoms with Gasteiger partial charge in [-0.05, 0) is 61.0 Å². The molecule has 7 heteroatoms. The van der Waals surface area contributed by atoms with Gasteiger partial charge in [-0.2, -0.15) is 5.10 Å². The maximum Gasteiger partial charge on any atom is 0.344 e. The number of carboxylic acids is 1. The highest BCUT2D eigenvalue weighted by Crippen LogP contribution is 2.13. The topological polar surface area (TPSA) is 108 Å². The van der Waals surface area contributed by atoms with E-state index in [1.807, 2.05) is 0 Å². The van der Waals surface area contributed by atoms with Crippen molar-refractivity contribution in [2.24, 2.45) is 5.10 Å². The Kier molecular flexibility index (Phi) is 5.51. The number of nitrogens with zero attached hydrogens (tertiary/aromatic N) is 1. The third kappa shape index (κ3) is 4.84. The Hall–Kier alpha value is -3.35. The maximum absolute atomic E-state index is 11.8. The summed E-state index contributed by atoms with van der Waals surface area (Å²) >= 11 is 0. The Morgan fingerprint density at radius 2 is 1.75 bits per heavy atom. The number of hydrogen-bond acceptors (Lipinski definition) is 5. The number of amides is 1. The lowest BCUT2D eigenvalue weighted by atomic mass is 10.2. The highest BCUT2D eigenvalue weighted by atomic mass is 16.5. The fraction of sp³-hybridized carbons (Fsp3) is 0.118. The number of carboxylic acid groups (broad SMARTS) is 1. The average molecular weight is 328 g/mol. The molecular formula is C17H16N2O5. The van der Waals surface area contributed by atoms with E-state index in [1.54, 1.807) is 24.3 Å². The molecule has 0 radical (unpaired) electrons. The van der Waals surface area contributed by atoms with Gasteiger partial charge in [0.2, 0.25) is 0 Å². The molecule has 0 saturated heterocycles. The lowest BCUT2D eigenvalue weighted by molar-refractivity contribution is -0.144. The van der Waals surface area contributed by atoms with Crippen molar-refractivity contribution in [1.29, 1.82) is 0 Å². The molecule has 7 nitrogen and oxygen atoms in total. The van der Waals surface area contributed by atoms with Crippen LogP contribution in [0.1, 0.15) is 22.8 Å². The number of rotatable bonds is 6. The van der Waals surface area contributed by atoms with Gasteiger partial charge in [0, 0.05) is 5.56 Å². The molecule has 1 atom stereocenters. The Balaban J connectivity index is 1.91. The fourth-order valence-electron chi connectivity index (χ4n) is 1.73. The predicted molar refractivity (Wildman–Crippen MR) is 87.3 cm³/mol. The molecule has 2 aromatic carbocycles. The minimum absolute atomic E-state index is 0.0783. The smallest absolute Gasteiger partial charge is 0.344 e. The summed E-state index contributed by atoms with van der Waals surface area (Å²) < 4.78 is 5.21. The first-order valence-electron chi connectivity index (χ1n) is 7.07. The van der Waals surface area contributed by atoms with Gasteiger partial charge >= 0.3 is 5.97 Å². The Morgan fingerprint density at radius 1 is 1.12 bits per heavy atom. The Labute approximate surface area is 138 Å². The van der Waals surface area contributed by atoms with E-state index in [0.717, 1.165) is 0 Å². The molecule has 1 unspecified atom stereocenters. The van der Waals surface area contributed by atoms with Gasteiger partial charge in [0.1, 0.15) is 11.5 Å². The predicted octanol–water partition coefficient (Wildman–Crippen LogP) is 2.01. The van der Waals surface area contributed by atoms with Gasteiger partial charge < -0.3 is 14.9 Å². The molecule has 0 aliphatic rings. The number of phenolic OH excluding ortho intramolecular Hbond substituents is 1. The molecule has 0 aliphatic carbocycles. The summed E-state index contributed by atoms with van der Waals surface area (Å²) in [5.41, 5.74) is 3.45. The molecule has 0 spiro atoms. The highest BCUT2D eigenvalue weighted by Gasteiger charge is 2.11. The molecule has 0 saturated carbocycles. The number of ether oxygens (including phenoxy) is 1. The number of aliphatic carboxylic acids is 1. The monoisotopic (exact) mass is 328 g/mol. The van der Waals surface area contributed by atoms with Crippen molar-refractivity contribution < 1.29 is 24.5 Å². The molecular weight excluding hydrogens is 312 g/mol. The van der Waals surface area contributed by atoms with Gasteiger partial charge in [0.15, 0.2) is 6.10 Å². The molecule has 3 N–H and O–H groups in total.